The number of rotatable bonds is 8. The van der Waals surface area contributed by atoms with Crippen LogP contribution in [0, 0.1) is 0 Å². The quantitative estimate of drug-likeness (QED) is 0.0517. The Kier molecular flexibility index (Phi) is 8.62. The molecule has 0 saturated carbocycles. The molecule has 3 heterocycles. The van der Waals surface area contributed by atoms with E-state index in [1.54, 1.807) is 24.3 Å². The molecule has 0 saturated heterocycles. The van der Waals surface area contributed by atoms with Crippen LogP contribution in [0.25, 0.3) is 10.9 Å². The molecule has 4 aromatic rings. The minimum atomic E-state index is -4.45. The smallest absolute Gasteiger partial charge is 0.296 e. The van der Waals surface area contributed by atoms with Crippen LogP contribution in [-0.2, 0) is 33.7 Å². The SMILES string of the molecule is O=C1C(c2[nH]c3ccc(S(=O)(=O)O)cc3c2O)=Nc2ccc(SOOO)cc21.O=C1Nc2ccc(SOOO)cc2C1=O. The molecule has 0 spiro atoms. The van der Waals surface area contributed by atoms with Crippen LogP contribution in [0.2, 0.25) is 0 Å². The van der Waals surface area contributed by atoms with Crippen molar-refractivity contribution in [2.45, 2.75) is 14.7 Å². The third kappa shape index (κ3) is 6.16. The molecule has 1 amide bonds. The molecule has 0 fully saturated rings. The molecule has 222 valence electrons. The number of benzene rings is 3. The van der Waals surface area contributed by atoms with Crippen LogP contribution in [-0.4, -0.2) is 56.8 Å². The second-order valence-corrected chi connectivity index (χ2v) is 11.4. The van der Waals surface area contributed by atoms with Crippen LogP contribution >= 0.6 is 24.1 Å². The van der Waals surface area contributed by atoms with Gasteiger partial charge in [0.25, 0.3) is 21.8 Å². The van der Waals surface area contributed by atoms with Gasteiger partial charge in [0.2, 0.25) is 5.78 Å². The number of carbonyl (C=O) groups is 3. The number of ketones is 2. The van der Waals surface area contributed by atoms with Crippen molar-refractivity contribution in [3.63, 3.8) is 0 Å². The van der Waals surface area contributed by atoms with Crippen LogP contribution in [0.5, 0.6) is 5.75 Å². The zero-order chi connectivity index (χ0) is 30.9. The molecule has 6 N–H and O–H groups in total. The molecule has 16 nitrogen and oxygen atoms in total. The third-order valence-corrected chi connectivity index (χ3v) is 7.95. The summed E-state index contributed by atoms with van der Waals surface area (Å²) in [5, 5.41) is 36.1. The van der Waals surface area contributed by atoms with Crippen molar-refractivity contribution in [2.75, 3.05) is 5.32 Å². The summed E-state index contributed by atoms with van der Waals surface area (Å²) >= 11 is 1.41. The fourth-order valence-electron chi connectivity index (χ4n) is 4.09. The summed E-state index contributed by atoms with van der Waals surface area (Å²) < 4.78 is 40.3. The summed E-state index contributed by atoms with van der Waals surface area (Å²) in [4.78, 5) is 42.7. The predicted octanol–water partition coefficient (Wildman–Crippen LogP) is 4.12. The highest BCUT2D eigenvalue weighted by Gasteiger charge is 2.31. The van der Waals surface area contributed by atoms with Gasteiger partial charge in [-0.3, -0.25) is 18.9 Å². The van der Waals surface area contributed by atoms with E-state index in [0.717, 1.165) is 24.2 Å². The van der Waals surface area contributed by atoms with E-state index in [2.05, 4.69) is 34.0 Å². The van der Waals surface area contributed by atoms with Gasteiger partial charge >= 0.3 is 0 Å². The summed E-state index contributed by atoms with van der Waals surface area (Å²) in [6, 6.07) is 12.9. The molecular weight excluding hydrogens is 634 g/mol. The average molecular weight is 650 g/mol. The van der Waals surface area contributed by atoms with Gasteiger partial charge in [0.15, 0.2) is 5.75 Å². The van der Waals surface area contributed by atoms with Crippen LogP contribution in [0.3, 0.4) is 0 Å². The van der Waals surface area contributed by atoms with Crippen LogP contribution in [0.4, 0.5) is 11.4 Å². The first-order chi connectivity index (χ1) is 20.5. The number of hydrogen-bond acceptors (Lipinski definition) is 15. The largest absolute Gasteiger partial charge is 0.505 e. The molecule has 0 aliphatic carbocycles. The van der Waals surface area contributed by atoms with Gasteiger partial charge in [0.05, 0.1) is 51.5 Å². The van der Waals surface area contributed by atoms with E-state index in [1.165, 1.54) is 18.2 Å². The van der Waals surface area contributed by atoms with Crippen molar-refractivity contribution in [2.24, 2.45) is 4.99 Å². The van der Waals surface area contributed by atoms with Crippen molar-refractivity contribution in [3.8, 4) is 5.75 Å². The molecule has 0 radical (unpaired) electrons. The Labute approximate surface area is 248 Å². The lowest BCUT2D eigenvalue weighted by Gasteiger charge is -2.00. The molecule has 0 bridgehead atoms. The maximum atomic E-state index is 12.7. The van der Waals surface area contributed by atoms with Gasteiger partial charge in [-0.15, -0.1) is 8.67 Å². The van der Waals surface area contributed by atoms with Crippen LogP contribution < -0.4 is 5.32 Å². The lowest BCUT2D eigenvalue weighted by molar-refractivity contribution is -0.432. The summed E-state index contributed by atoms with van der Waals surface area (Å²) in [7, 11) is -4.45. The number of aromatic hydroxyl groups is 1. The fraction of sp³-hybridized carbons (Fsp3) is 0. The highest BCUT2D eigenvalue weighted by molar-refractivity contribution is 7.94. The topological polar surface area (TPSA) is 243 Å². The Hall–Kier alpha value is -4.15. The number of aromatic amines is 1. The maximum Gasteiger partial charge on any atom is 0.296 e. The Balaban J connectivity index is 0.000000207. The van der Waals surface area contributed by atoms with Crippen LogP contribution in [0.1, 0.15) is 26.4 Å². The third-order valence-electron chi connectivity index (χ3n) is 5.95. The number of nitrogens with one attached hydrogen (secondary N) is 2. The molecule has 6 rings (SSSR count). The summed E-state index contributed by atoms with van der Waals surface area (Å²) in [6.07, 6.45) is 0. The molecule has 0 atom stereocenters. The fourth-order valence-corrected chi connectivity index (χ4v) is 5.39. The number of carbonyl (C=O) groups excluding carboxylic acids is 3. The monoisotopic (exact) mass is 649 g/mol. The van der Waals surface area contributed by atoms with Crippen molar-refractivity contribution in [3.05, 3.63) is 71.4 Å². The van der Waals surface area contributed by atoms with Gasteiger partial charge in [-0.05, 0) is 54.6 Å². The van der Waals surface area contributed by atoms with E-state index in [-0.39, 0.29) is 33.7 Å². The number of Topliss-reactive ketones (excluding diaryl/α,β-unsaturated/α-hetero) is 2. The van der Waals surface area contributed by atoms with E-state index in [9.17, 15) is 32.5 Å². The van der Waals surface area contributed by atoms with Crippen molar-refractivity contribution >= 4 is 79.7 Å². The lowest BCUT2D eigenvalue weighted by atomic mass is 10.1. The molecule has 2 aliphatic rings. The van der Waals surface area contributed by atoms with Gasteiger partial charge in [0, 0.05) is 20.7 Å². The number of H-pyrrole nitrogens is 1. The molecule has 0 unspecified atom stereocenters. The number of anilines is 1. The van der Waals surface area contributed by atoms with E-state index in [1.807, 2.05) is 0 Å². The number of hydrogen-bond donors (Lipinski definition) is 6. The van der Waals surface area contributed by atoms with Crippen molar-refractivity contribution in [1.29, 1.82) is 0 Å². The Morgan fingerprint density at radius 1 is 0.814 bits per heavy atom. The Morgan fingerprint density at radius 2 is 1.47 bits per heavy atom. The first-order valence-corrected chi connectivity index (χ1v) is 14.3. The van der Waals surface area contributed by atoms with E-state index in [4.69, 9.17) is 10.5 Å². The van der Waals surface area contributed by atoms with Crippen LogP contribution in [0.15, 0.2) is 74.3 Å². The zero-order valence-corrected chi connectivity index (χ0v) is 23.3. The maximum absolute atomic E-state index is 12.7. The predicted molar refractivity (Wildman–Crippen MR) is 147 cm³/mol. The first kappa shape index (κ1) is 30.3. The Bertz CT molecular complexity index is 1940. The minimum absolute atomic E-state index is 0.0211. The number of aromatic nitrogens is 1. The summed E-state index contributed by atoms with van der Waals surface area (Å²) in [6.45, 7) is 0. The highest BCUT2D eigenvalue weighted by Crippen LogP contribution is 2.37. The second-order valence-electron chi connectivity index (χ2n) is 8.44. The molecule has 19 heteroatoms. The number of amides is 1. The molecule has 3 aromatic carbocycles. The average Bonchev–Trinajstić information content (AvgIpc) is 3.60. The second kappa shape index (κ2) is 12.2. The molecule has 1 aromatic heterocycles. The standard InChI is InChI=1S/C16H10N2O8S2.C8H5NO5S/c19-15-9-5-7(27-26-25-21)1-3-11(9)17-13(15)14-16(20)10-6-8(28(22,23)24)2-4-12(10)18-14;10-7-5-3-4(15-14-13-12)1-2-6(5)9-8(7)11/h1-6,18,20-21H,(H,22,23,24);1-3,12H,(H,9,10,11). The zero-order valence-electron chi connectivity index (χ0n) is 20.8. The Morgan fingerprint density at radius 3 is 2.12 bits per heavy atom. The molecule has 2 aliphatic heterocycles. The summed E-state index contributed by atoms with van der Waals surface area (Å²) in [5.74, 6) is -2.07. The number of aliphatic imine (C=N–C) groups is 1. The van der Waals surface area contributed by atoms with E-state index < -0.39 is 32.5 Å². The van der Waals surface area contributed by atoms with Gasteiger partial charge < -0.3 is 15.4 Å². The van der Waals surface area contributed by atoms with Gasteiger partial charge in [0.1, 0.15) is 11.4 Å². The van der Waals surface area contributed by atoms with E-state index in [0.29, 0.717) is 38.7 Å². The normalized spacial score (nSPS) is 13.8. The summed E-state index contributed by atoms with van der Waals surface area (Å²) in [5.41, 5.74) is 1.69. The number of fused-ring (bicyclic) bond motifs is 3. The van der Waals surface area contributed by atoms with Gasteiger partial charge in [-0.25, -0.2) is 15.5 Å². The van der Waals surface area contributed by atoms with Gasteiger partial charge in [-0.1, -0.05) is 10.1 Å². The molecular formula is C24H15N3O13S3. The minimum Gasteiger partial charge on any atom is -0.505 e. The van der Waals surface area contributed by atoms with Gasteiger partial charge in [-0.2, -0.15) is 8.42 Å². The van der Waals surface area contributed by atoms with Crippen molar-refractivity contribution in [1.82, 2.24) is 4.98 Å². The van der Waals surface area contributed by atoms with E-state index >= 15 is 0 Å². The molecule has 43 heavy (non-hydrogen) atoms. The first-order valence-electron chi connectivity index (χ1n) is 11.4. The highest BCUT2D eigenvalue weighted by atomic mass is 32.2. The van der Waals surface area contributed by atoms with Crippen molar-refractivity contribution < 1.29 is 61.7 Å². The number of nitrogens with zero attached hydrogens (tertiary/aromatic N) is 1. The lowest BCUT2D eigenvalue weighted by Crippen LogP contribution is -2.12.